The summed E-state index contributed by atoms with van der Waals surface area (Å²) in [5, 5.41) is 14.4. The molecule has 0 aliphatic carbocycles. The maximum Gasteiger partial charge on any atom is 0.348 e. The highest BCUT2D eigenvalue weighted by atomic mass is 32.1. The number of rotatable bonds is 4. The smallest absolute Gasteiger partial charge is 0.348 e. The molecule has 7 heteroatoms. The Balaban J connectivity index is 1.81. The van der Waals surface area contributed by atoms with E-state index in [1.165, 1.54) is 24.3 Å². The maximum atomic E-state index is 12.9. The van der Waals surface area contributed by atoms with Crippen LogP contribution in [0.4, 0.5) is 20.6 Å². The highest BCUT2D eigenvalue weighted by molar-refractivity contribution is 7.18. The number of carbonyl (C=O) groups is 2. The van der Waals surface area contributed by atoms with Crippen LogP contribution in [0.25, 0.3) is 10.4 Å². The summed E-state index contributed by atoms with van der Waals surface area (Å²) >= 11 is 1.08. The largest absolute Gasteiger partial charge is 0.477 e. The molecule has 0 aliphatic heterocycles. The van der Waals surface area contributed by atoms with Gasteiger partial charge < -0.3 is 15.7 Å². The summed E-state index contributed by atoms with van der Waals surface area (Å²) in [4.78, 5) is 24.3. The minimum absolute atomic E-state index is 0.0353. The predicted octanol–water partition coefficient (Wildman–Crippen LogP) is 4.90. The fourth-order valence-electron chi connectivity index (χ4n) is 2.21. The van der Waals surface area contributed by atoms with E-state index in [0.717, 1.165) is 21.8 Å². The van der Waals surface area contributed by atoms with Gasteiger partial charge in [-0.25, -0.2) is 14.0 Å². The van der Waals surface area contributed by atoms with Gasteiger partial charge in [0.25, 0.3) is 0 Å². The van der Waals surface area contributed by atoms with Crippen LogP contribution in [0.2, 0.25) is 0 Å². The summed E-state index contributed by atoms with van der Waals surface area (Å²) in [7, 11) is 0. The van der Waals surface area contributed by atoms with Crippen LogP contribution in [0.15, 0.2) is 60.7 Å². The van der Waals surface area contributed by atoms with E-state index in [-0.39, 0.29) is 10.6 Å². The number of urea groups is 1. The standard InChI is InChI=1S/C18H13FN2O3S/c19-12-6-8-13(9-7-12)20-18(24)21-14-10-15(25-16(14)17(22)23)11-4-2-1-3-5-11/h1-10H,(H,22,23)(H2,20,21,24). The molecule has 0 spiro atoms. The van der Waals surface area contributed by atoms with Gasteiger partial charge in [0.15, 0.2) is 0 Å². The third-order valence-corrected chi connectivity index (χ3v) is 4.51. The number of amides is 2. The van der Waals surface area contributed by atoms with Crippen molar-refractivity contribution in [2.24, 2.45) is 0 Å². The molecule has 0 bridgehead atoms. The minimum Gasteiger partial charge on any atom is -0.477 e. The number of anilines is 2. The Morgan fingerprint density at radius 1 is 0.960 bits per heavy atom. The molecule has 1 aromatic heterocycles. The number of aromatic carboxylic acids is 1. The molecule has 0 fully saturated rings. The molecule has 25 heavy (non-hydrogen) atoms. The Morgan fingerprint density at radius 3 is 2.28 bits per heavy atom. The first kappa shape index (κ1) is 16.7. The molecule has 3 aromatic rings. The molecule has 0 aliphatic rings. The topological polar surface area (TPSA) is 78.4 Å². The summed E-state index contributed by atoms with van der Waals surface area (Å²) in [5.74, 6) is -1.53. The number of halogens is 1. The van der Waals surface area contributed by atoms with Crippen molar-refractivity contribution < 1.29 is 19.1 Å². The van der Waals surface area contributed by atoms with Gasteiger partial charge in [-0.3, -0.25) is 0 Å². The lowest BCUT2D eigenvalue weighted by atomic mass is 10.2. The van der Waals surface area contributed by atoms with Crippen LogP contribution in [0.5, 0.6) is 0 Å². The number of hydrogen-bond acceptors (Lipinski definition) is 3. The molecule has 5 nitrogen and oxygen atoms in total. The Labute approximate surface area is 146 Å². The molecule has 2 aromatic carbocycles. The van der Waals surface area contributed by atoms with Gasteiger partial charge >= 0.3 is 12.0 Å². The van der Waals surface area contributed by atoms with Crippen molar-refractivity contribution in [3.63, 3.8) is 0 Å². The van der Waals surface area contributed by atoms with E-state index in [2.05, 4.69) is 10.6 Å². The summed E-state index contributed by atoms with van der Waals surface area (Å²) in [6, 6.07) is 15.6. The van der Waals surface area contributed by atoms with Crippen LogP contribution >= 0.6 is 11.3 Å². The molecule has 0 atom stereocenters. The predicted molar refractivity (Wildman–Crippen MR) is 95.8 cm³/mol. The van der Waals surface area contributed by atoms with Gasteiger partial charge in [0.05, 0.1) is 5.69 Å². The molecular weight excluding hydrogens is 343 g/mol. The molecule has 0 saturated carbocycles. The number of carboxylic acids is 1. The van der Waals surface area contributed by atoms with Gasteiger partial charge in [-0.2, -0.15) is 0 Å². The fraction of sp³-hybridized carbons (Fsp3) is 0. The quantitative estimate of drug-likeness (QED) is 0.622. The highest BCUT2D eigenvalue weighted by Crippen LogP contribution is 2.34. The lowest BCUT2D eigenvalue weighted by Crippen LogP contribution is -2.20. The Kier molecular flexibility index (Phi) is 4.76. The molecule has 3 rings (SSSR count). The summed E-state index contributed by atoms with van der Waals surface area (Å²) in [6.45, 7) is 0. The Bertz CT molecular complexity index is 908. The lowest BCUT2D eigenvalue weighted by molar-refractivity contribution is 0.0703. The maximum absolute atomic E-state index is 12.9. The van der Waals surface area contributed by atoms with Crippen LogP contribution < -0.4 is 10.6 Å². The van der Waals surface area contributed by atoms with Crippen molar-refractivity contribution in [2.45, 2.75) is 0 Å². The fourth-order valence-corrected chi connectivity index (χ4v) is 3.16. The van der Waals surface area contributed by atoms with Gasteiger partial charge in [0.2, 0.25) is 0 Å². The second-order valence-corrected chi connectivity index (χ2v) is 6.16. The number of hydrogen-bond donors (Lipinski definition) is 3. The average molecular weight is 356 g/mol. The van der Waals surface area contributed by atoms with Crippen LogP contribution in [-0.2, 0) is 0 Å². The molecule has 3 N–H and O–H groups in total. The number of nitrogens with one attached hydrogen (secondary N) is 2. The van der Waals surface area contributed by atoms with E-state index >= 15 is 0 Å². The number of thiophene rings is 1. The number of benzene rings is 2. The second-order valence-electron chi connectivity index (χ2n) is 5.11. The first-order valence-corrected chi connectivity index (χ1v) is 8.10. The second kappa shape index (κ2) is 7.14. The van der Waals surface area contributed by atoms with Crippen molar-refractivity contribution >= 4 is 34.7 Å². The molecule has 0 unspecified atom stereocenters. The van der Waals surface area contributed by atoms with Crippen molar-refractivity contribution in [3.8, 4) is 10.4 Å². The zero-order valence-electron chi connectivity index (χ0n) is 12.8. The lowest BCUT2D eigenvalue weighted by Gasteiger charge is -2.07. The third kappa shape index (κ3) is 4.02. The van der Waals surface area contributed by atoms with E-state index in [1.54, 1.807) is 6.07 Å². The van der Waals surface area contributed by atoms with Gasteiger partial charge in [0.1, 0.15) is 10.7 Å². The monoisotopic (exact) mass is 356 g/mol. The average Bonchev–Trinajstić information content (AvgIpc) is 3.02. The van der Waals surface area contributed by atoms with Gasteiger partial charge in [-0.15, -0.1) is 11.3 Å². The molecule has 1 heterocycles. The van der Waals surface area contributed by atoms with Crippen molar-refractivity contribution in [1.82, 2.24) is 0 Å². The molecule has 126 valence electrons. The van der Waals surface area contributed by atoms with Crippen molar-refractivity contribution in [3.05, 3.63) is 71.4 Å². The molecule has 0 saturated heterocycles. The third-order valence-electron chi connectivity index (χ3n) is 3.33. The van der Waals surface area contributed by atoms with Gasteiger partial charge in [-0.1, -0.05) is 30.3 Å². The van der Waals surface area contributed by atoms with Gasteiger partial charge in [0, 0.05) is 10.6 Å². The van der Waals surface area contributed by atoms with E-state index in [0.29, 0.717) is 5.69 Å². The number of carboxylic acid groups (broad SMARTS) is 1. The number of carbonyl (C=O) groups excluding carboxylic acids is 1. The summed E-state index contributed by atoms with van der Waals surface area (Å²) in [5.41, 5.74) is 1.47. The normalized spacial score (nSPS) is 10.3. The van der Waals surface area contributed by atoms with E-state index in [4.69, 9.17) is 0 Å². The van der Waals surface area contributed by atoms with E-state index in [1.807, 2.05) is 30.3 Å². The zero-order valence-corrected chi connectivity index (χ0v) is 13.6. The molecular formula is C18H13FN2O3S. The zero-order chi connectivity index (χ0) is 17.8. The first-order valence-electron chi connectivity index (χ1n) is 7.29. The Hall–Kier alpha value is -3.19. The molecule has 2 amide bonds. The van der Waals surface area contributed by atoms with Crippen molar-refractivity contribution in [1.29, 1.82) is 0 Å². The van der Waals surface area contributed by atoms with E-state index in [9.17, 15) is 19.1 Å². The summed E-state index contributed by atoms with van der Waals surface area (Å²) < 4.78 is 12.9. The minimum atomic E-state index is -1.12. The van der Waals surface area contributed by atoms with E-state index < -0.39 is 17.8 Å². The SMILES string of the molecule is O=C(Nc1ccc(F)cc1)Nc1cc(-c2ccccc2)sc1C(=O)O. The molecule has 0 radical (unpaired) electrons. The van der Waals surface area contributed by atoms with Crippen LogP contribution in [0.3, 0.4) is 0 Å². The van der Waals surface area contributed by atoms with Crippen LogP contribution in [0.1, 0.15) is 9.67 Å². The Morgan fingerprint density at radius 2 is 1.64 bits per heavy atom. The van der Waals surface area contributed by atoms with Crippen molar-refractivity contribution in [2.75, 3.05) is 10.6 Å². The van der Waals surface area contributed by atoms with Crippen LogP contribution in [-0.4, -0.2) is 17.1 Å². The van der Waals surface area contributed by atoms with Gasteiger partial charge in [-0.05, 0) is 35.9 Å². The highest BCUT2D eigenvalue weighted by Gasteiger charge is 2.18. The van der Waals surface area contributed by atoms with Crippen LogP contribution in [0, 0.1) is 5.82 Å². The first-order chi connectivity index (χ1) is 12.0. The summed E-state index contributed by atoms with van der Waals surface area (Å²) in [6.07, 6.45) is 0.